The minimum Gasteiger partial charge on any atom is -0.375 e. The molecule has 0 aromatic carbocycles. The molecule has 1 aliphatic heterocycles. The molecular formula is C10H17BrO. The summed E-state index contributed by atoms with van der Waals surface area (Å²) in [4.78, 5) is 0. The van der Waals surface area contributed by atoms with Crippen LogP contribution in [0.2, 0.25) is 0 Å². The predicted molar refractivity (Wildman–Crippen MR) is 53.6 cm³/mol. The molecule has 1 nitrogen and oxygen atoms in total. The van der Waals surface area contributed by atoms with Crippen molar-refractivity contribution in [2.24, 2.45) is 5.41 Å². The van der Waals surface area contributed by atoms with Gasteiger partial charge in [-0.2, -0.15) is 0 Å². The first-order valence-corrected chi connectivity index (χ1v) is 6.08. The van der Waals surface area contributed by atoms with E-state index in [0.717, 1.165) is 0 Å². The molecule has 70 valence electrons. The molecule has 1 heterocycles. The number of ether oxygens (including phenoxy) is 1. The fourth-order valence-corrected chi connectivity index (χ4v) is 2.88. The van der Waals surface area contributed by atoms with Gasteiger partial charge in [0, 0.05) is 5.33 Å². The number of halogens is 1. The average Bonchev–Trinajstić information content (AvgIpc) is 2.71. The van der Waals surface area contributed by atoms with Crippen molar-refractivity contribution in [2.45, 2.75) is 51.2 Å². The molecule has 2 rings (SSSR count). The Morgan fingerprint density at radius 3 is 2.58 bits per heavy atom. The third-order valence-corrected chi connectivity index (χ3v) is 4.41. The van der Waals surface area contributed by atoms with Gasteiger partial charge >= 0.3 is 0 Å². The van der Waals surface area contributed by atoms with Crippen LogP contribution < -0.4 is 0 Å². The number of hydrogen-bond donors (Lipinski definition) is 0. The standard InChI is InChI=1S/C10H17BrO/c1-8-2-3-9(12-8)6-10(7-11)4-5-10/h8-9H,2-7H2,1H3. The molecule has 0 amide bonds. The van der Waals surface area contributed by atoms with Gasteiger partial charge in [-0.25, -0.2) is 0 Å². The van der Waals surface area contributed by atoms with Crippen LogP contribution in [0.5, 0.6) is 0 Å². The van der Waals surface area contributed by atoms with Crippen LogP contribution in [0.4, 0.5) is 0 Å². The Morgan fingerprint density at radius 1 is 1.42 bits per heavy atom. The van der Waals surface area contributed by atoms with Gasteiger partial charge in [-0.05, 0) is 44.4 Å². The highest BCUT2D eigenvalue weighted by molar-refractivity contribution is 9.09. The zero-order valence-electron chi connectivity index (χ0n) is 7.68. The van der Waals surface area contributed by atoms with Crippen LogP contribution in [0.25, 0.3) is 0 Å². The van der Waals surface area contributed by atoms with Crippen LogP contribution in [0, 0.1) is 5.41 Å². The second-order valence-corrected chi connectivity index (χ2v) is 5.04. The van der Waals surface area contributed by atoms with E-state index in [-0.39, 0.29) is 0 Å². The zero-order valence-corrected chi connectivity index (χ0v) is 9.27. The molecule has 0 spiro atoms. The predicted octanol–water partition coefficient (Wildman–Crippen LogP) is 3.12. The minimum absolute atomic E-state index is 0.515. The molecule has 0 aromatic rings. The van der Waals surface area contributed by atoms with E-state index in [1.54, 1.807) is 0 Å². The summed E-state index contributed by atoms with van der Waals surface area (Å²) in [5, 5.41) is 1.17. The van der Waals surface area contributed by atoms with E-state index < -0.39 is 0 Å². The van der Waals surface area contributed by atoms with E-state index in [1.165, 1.54) is 37.4 Å². The first-order chi connectivity index (χ1) is 5.74. The first kappa shape index (κ1) is 9.01. The van der Waals surface area contributed by atoms with E-state index in [2.05, 4.69) is 22.9 Å². The Labute approximate surface area is 83.0 Å². The first-order valence-electron chi connectivity index (χ1n) is 4.95. The number of alkyl halides is 1. The van der Waals surface area contributed by atoms with Crippen LogP contribution in [-0.2, 0) is 4.74 Å². The van der Waals surface area contributed by atoms with Crippen LogP contribution >= 0.6 is 15.9 Å². The Balaban J connectivity index is 1.80. The van der Waals surface area contributed by atoms with Gasteiger partial charge in [0.15, 0.2) is 0 Å². The van der Waals surface area contributed by atoms with Crippen molar-refractivity contribution in [3.05, 3.63) is 0 Å². The van der Waals surface area contributed by atoms with Crippen molar-refractivity contribution in [1.29, 1.82) is 0 Å². The van der Waals surface area contributed by atoms with Gasteiger partial charge in [-0.15, -0.1) is 0 Å². The molecule has 2 heteroatoms. The van der Waals surface area contributed by atoms with Crippen LogP contribution in [0.15, 0.2) is 0 Å². The lowest BCUT2D eigenvalue weighted by Crippen LogP contribution is -2.15. The molecule has 2 fully saturated rings. The number of rotatable bonds is 3. The fourth-order valence-electron chi connectivity index (χ4n) is 2.09. The summed E-state index contributed by atoms with van der Waals surface area (Å²) in [6.07, 6.45) is 7.75. The summed E-state index contributed by atoms with van der Waals surface area (Å²) in [5.41, 5.74) is 0.634. The molecule has 1 saturated heterocycles. The molecule has 2 atom stereocenters. The van der Waals surface area contributed by atoms with Crippen molar-refractivity contribution < 1.29 is 4.74 Å². The average molecular weight is 233 g/mol. The van der Waals surface area contributed by atoms with E-state index in [0.29, 0.717) is 17.6 Å². The van der Waals surface area contributed by atoms with Crippen LogP contribution in [0.1, 0.15) is 39.0 Å². The normalized spacial score (nSPS) is 38.5. The van der Waals surface area contributed by atoms with Gasteiger partial charge in [0.1, 0.15) is 0 Å². The summed E-state index contributed by atoms with van der Waals surface area (Å²) >= 11 is 3.60. The smallest absolute Gasteiger partial charge is 0.0585 e. The second-order valence-electron chi connectivity index (χ2n) is 4.48. The van der Waals surface area contributed by atoms with E-state index in [9.17, 15) is 0 Å². The molecule has 1 saturated carbocycles. The SMILES string of the molecule is CC1CCC(CC2(CBr)CC2)O1. The number of hydrogen-bond acceptors (Lipinski definition) is 1. The molecular weight excluding hydrogens is 216 g/mol. The lowest BCUT2D eigenvalue weighted by atomic mass is 9.99. The summed E-state index contributed by atoms with van der Waals surface area (Å²) < 4.78 is 5.82. The molecule has 0 N–H and O–H groups in total. The lowest BCUT2D eigenvalue weighted by molar-refractivity contribution is 0.0403. The summed E-state index contributed by atoms with van der Waals surface area (Å²) in [5.74, 6) is 0. The Morgan fingerprint density at radius 2 is 2.17 bits per heavy atom. The topological polar surface area (TPSA) is 9.23 Å². The largest absolute Gasteiger partial charge is 0.375 e. The highest BCUT2D eigenvalue weighted by atomic mass is 79.9. The quantitative estimate of drug-likeness (QED) is 0.680. The fraction of sp³-hybridized carbons (Fsp3) is 1.00. The Kier molecular flexibility index (Phi) is 2.48. The van der Waals surface area contributed by atoms with Gasteiger partial charge in [-0.3, -0.25) is 0 Å². The third-order valence-electron chi connectivity index (χ3n) is 3.22. The van der Waals surface area contributed by atoms with Crippen molar-refractivity contribution in [1.82, 2.24) is 0 Å². The maximum Gasteiger partial charge on any atom is 0.0585 e. The van der Waals surface area contributed by atoms with E-state index in [4.69, 9.17) is 4.74 Å². The zero-order chi connectivity index (χ0) is 8.60. The second kappa shape index (κ2) is 3.30. The molecule has 0 radical (unpaired) electrons. The molecule has 0 bridgehead atoms. The van der Waals surface area contributed by atoms with Crippen molar-refractivity contribution in [2.75, 3.05) is 5.33 Å². The van der Waals surface area contributed by atoms with Gasteiger partial charge in [0.2, 0.25) is 0 Å². The monoisotopic (exact) mass is 232 g/mol. The highest BCUT2D eigenvalue weighted by Gasteiger charge is 2.44. The summed E-state index contributed by atoms with van der Waals surface area (Å²) in [6, 6.07) is 0. The van der Waals surface area contributed by atoms with Crippen molar-refractivity contribution >= 4 is 15.9 Å². The van der Waals surface area contributed by atoms with Gasteiger partial charge in [0.05, 0.1) is 12.2 Å². The van der Waals surface area contributed by atoms with Gasteiger partial charge < -0.3 is 4.74 Å². The lowest BCUT2D eigenvalue weighted by Gasteiger charge is -2.17. The maximum atomic E-state index is 5.82. The van der Waals surface area contributed by atoms with Crippen molar-refractivity contribution in [3.63, 3.8) is 0 Å². The van der Waals surface area contributed by atoms with E-state index in [1.807, 2.05) is 0 Å². The van der Waals surface area contributed by atoms with Crippen molar-refractivity contribution in [3.8, 4) is 0 Å². The summed E-state index contributed by atoms with van der Waals surface area (Å²) in [7, 11) is 0. The van der Waals surface area contributed by atoms with E-state index >= 15 is 0 Å². The van der Waals surface area contributed by atoms with Crippen LogP contribution in [0.3, 0.4) is 0 Å². The van der Waals surface area contributed by atoms with Crippen LogP contribution in [-0.4, -0.2) is 17.5 Å². The molecule has 12 heavy (non-hydrogen) atoms. The Hall–Kier alpha value is 0.440. The maximum absolute atomic E-state index is 5.82. The van der Waals surface area contributed by atoms with Gasteiger partial charge in [-0.1, -0.05) is 15.9 Å². The third kappa shape index (κ3) is 1.85. The van der Waals surface area contributed by atoms with Gasteiger partial charge in [0.25, 0.3) is 0 Å². The summed E-state index contributed by atoms with van der Waals surface area (Å²) in [6.45, 7) is 2.19. The molecule has 1 aliphatic carbocycles. The minimum atomic E-state index is 0.515. The molecule has 2 aliphatic rings. The highest BCUT2D eigenvalue weighted by Crippen LogP contribution is 2.52. The molecule has 2 unspecified atom stereocenters. The molecule has 0 aromatic heterocycles. The Bertz CT molecular complexity index is 165.